The highest BCUT2D eigenvalue weighted by atomic mass is 16.4. The first kappa shape index (κ1) is 16.8. The molecule has 3 aliphatic rings. The number of hydrogen-bond acceptors (Lipinski definition) is 2. The number of nitrogens with zero attached hydrogens (tertiary/aromatic N) is 1. The molecule has 2 aliphatic heterocycles. The predicted octanol–water partition coefficient (Wildman–Crippen LogP) is 4.31. The van der Waals surface area contributed by atoms with Gasteiger partial charge >= 0.3 is 5.97 Å². The van der Waals surface area contributed by atoms with E-state index >= 15 is 0 Å². The third-order valence-electron chi connectivity index (χ3n) is 5.62. The molecule has 0 amide bonds. The molecule has 3 atom stereocenters. The van der Waals surface area contributed by atoms with Gasteiger partial charge in [0.25, 0.3) is 0 Å². The lowest BCUT2D eigenvalue weighted by Crippen LogP contribution is -2.41. The van der Waals surface area contributed by atoms with Gasteiger partial charge in [0, 0.05) is 24.5 Å². The molecule has 1 N–H and O–H groups in total. The van der Waals surface area contributed by atoms with Crippen molar-refractivity contribution < 1.29 is 9.90 Å². The van der Waals surface area contributed by atoms with Gasteiger partial charge in [0.2, 0.25) is 0 Å². The third-order valence-corrected chi connectivity index (χ3v) is 5.62. The Bertz CT molecular complexity index is 322. The van der Waals surface area contributed by atoms with E-state index in [1.807, 2.05) is 6.92 Å². The van der Waals surface area contributed by atoms with E-state index in [9.17, 15) is 4.79 Å². The Morgan fingerprint density at radius 3 is 1.86 bits per heavy atom. The monoisotopic (exact) mass is 295 g/mol. The Balaban J connectivity index is 0.000000155. The van der Waals surface area contributed by atoms with Crippen LogP contribution in [-0.4, -0.2) is 34.1 Å². The maximum Gasteiger partial charge on any atom is 0.303 e. The SMILES string of the molecule is C1CC2CCC(C1)N2C1CC1.CCC(CC(=O)O)C(C)C. The number of carbonyl (C=O) groups is 1. The zero-order valence-electron chi connectivity index (χ0n) is 14.1. The molecule has 21 heavy (non-hydrogen) atoms. The minimum atomic E-state index is -0.680. The van der Waals surface area contributed by atoms with Crippen molar-refractivity contribution in [2.45, 2.75) is 96.7 Å². The third kappa shape index (κ3) is 4.70. The maximum absolute atomic E-state index is 10.3. The van der Waals surface area contributed by atoms with Crippen molar-refractivity contribution >= 4 is 5.97 Å². The molecule has 2 saturated heterocycles. The Morgan fingerprint density at radius 2 is 1.52 bits per heavy atom. The van der Waals surface area contributed by atoms with Gasteiger partial charge in [0.15, 0.2) is 0 Å². The second-order valence-electron chi connectivity index (χ2n) is 7.50. The molecule has 2 bridgehead atoms. The van der Waals surface area contributed by atoms with E-state index in [1.165, 1.54) is 44.9 Å². The average molecular weight is 295 g/mol. The number of carboxylic acids is 1. The largest absolute Gasteiger partial charge is 0.481 e. The van der Waals surface area contributed by atoms with Crippen LogP contribution >= 0.6 is 0 Å². The van der Waals surface area contributed by atoms with Crippen LogP contribution in [0.5, 0.6) is 0 Å². The molecule has 3 fully saturated rings. The van der Waals surface area contributed by atoms with Crippen LogP contribution in [0.1, 0.15) is 78.6 Å². The van der Waals surface area contributed by atoms with Crippen molar-refractivity contribution in [2.24, 2.45) is 11.8 Å². The molecule has 0 aromatic rings. The van der Waals surface area contributed by atoms with Crippen LogP contribution in [-0.2, 0) is 4.79 Å². The highest BCUT2D eigenvalue weighted by molar-refractivity contribution is 5.67. The van der Waals surface area contributed by atoms with E-state index in [0.29, 0.717) is 18.3 Å². The van der Waals surface area contributed by atoms with Gasteiger partial charge in [-0.2, -0.15) is 0 Å². The lowest BCUT2D eigenvalue weighted by molar-refractivity contribution is -0.138. The number of piperidine rings is 1. The summed E-state index contributed by atoms with van der Waals surface area (Å²) in [5, 5.41) is 8.46. The summed E-state index contributed by atoms with van der Waals surface area (Å²) < 4.78 is 0. The molecule has 1 aliphatic carbocycles. The molecule has 3 nitrogen and oxygen atoms in total. The summed E-state index contributed by atoms with van der Waals surface area (Å²) in [6.45, 7) is 6.17. The maximum atomic E-state index is 10.3. The summed E-state index contributed by atoms with van der Waals surface area (Å²) in [6.07, 6.45) is 11.8. The number of aliphatic carboxylic acids is 1. The van der Waals surface area contributed by atoms with Crippen molar-refractivity contribution in [2.75, 3.05) is 0 Å². The van der Waals surface area contributed by atoms with Gasteiger partial charge in [-0.3, -0.25) is 9.69 Å². The Labute approximate surface area is 130 Å². The van der Waals surface area contributed by atoms with E-state index in [4.69, 9.17) is 5.11 Å². The quantitative estimate of drug-likeness (QED) is 0.821. The molecule has 0 spiro atoms. The molecule has 3 unspecified atom stereocenters. The summed E-state index contributed by atoms with van der Waals surface area (Å²) in [5.74, 6) is 0.152. The molecule has 3 heteroatoms. The van der Waals surface area contributed by atoms with E-state index in [1.54, 1.807) is 0 Å². The van der Waals surface area contributed by atoms with Gasteiger partial charge < -0.3 is 5.11 Å². The molecular weight excluding hydrogens is 262 g/mol. The summed E-state index contributed by atoms with van der Waals surface area (Å²) in [5.41, 5.74) is 0. The number of rotatable bonds is 5. The molecule has 3 rings (SSSR count). The summed E-state index contributed by atoms with van der Waals surface area (Å²) in [6, 6.07) is 3.07. The number of fused-ring (bicyclic) bond motifs is 2. The first-order valence-electron chi connectivity index (χ1n) is 9.02. The average Bonchev–Trinajstić information content (AvgIpc) is 3.24. The zero-order valence-corrected chi connectivity index (χ0v) is 14.1. The molecule has 0 aromatic carbocycles. The zero-order chi connectivity index (χ0) is 15.4. The van der Waals surface area contributed by atoms with Crippen LogP contribution in [0, 0.1) is 11.8 Å². The fraction of sp³-hybridized carbons (Fsp3) is 0.944. The van der Waals surface area contributed by atoms with Crippen molar-refractivity contribution in [3.63, 3.8) is 0 Å². The molecule has 0 aromatic heterocycles. The number of carboxylic acid groups (broad SMARTS) is 1. The minimum absolute atomic E-state index is 0.314. The van der Waals surface area contributed by atoms with Gasteiger partial charge in [-0.15, -0.1) is 0 Å². The summed E-state index contributed by atoms with van der Waals surface area (Å²) in [7, 11) is 0. The van der Waals surface area contributed by atoms with Crippen molar-refractivity contribution in [3.8, 4) is 0 Å². The molecule has 122 valence electrons. The topological polar surface area (TPSA) is 40.5 Å². The van der Waals surface area contributed by atoms with Gasteiger partial charge in [0.1, 0.15) is 0 Å². The van der Waals surface area contributed by atoms with Crippen LogP contribution in [0.25, 0.3) is 0 Å². The van der Waals surface area contributed by atoms with Gasteiger partial charge in [-0.1, -0.05) is 33.6 Å². The van der Waals surface area contributed by atoms with E-state index in [0.717, 1.165) is 24.5 Å². The standard InChI is InChI=1S/C10H17N.C8H16O2/c1-2-8-4-5-9(3-1)11(8)10-6-7-10;1-4-7(6(2)3)5-8(9)10/h8-10H,1-7H2;6-7H,4-5H2,1-3H3,(H,9,10). The molecule has 1 saturated carbocycles. The van der Waals surface area contributed by atoms with Gasteiger partial charge in [-0.05, 0) is 50.4 Å². The smallest absolute Gasteiger partial charge is 0.303 e. The Hall–Kier alpha value is -0.570. The summed E-state index contributed by atoms with van der Waals surface area (Å²) in [4.78, 5) is 13.1. The molecular formula is C18H33NO2. The first-order chi connectivity index (χ1) is 10.0. The lowest BCUT2D eigenvalue weighted by Gasteiger charge is -2.34. The first-order valence-corrected chi connectivity index (χ1v) is 9.02. The van der Waals surface area contributed by atoms with Crippen molar-refractivity contribution in [1.82, 2.24) is 4.90 Å². The van der Waals surface area contributed by atoms with E-state index in [-0.39, 0.29) is 0 Å². The molecule has 0 radical (unpaired) electrons. The fourth-order valence-electron chi connectivity index (χ4n) is 4.20. The predicted molar refractivity (Wildman–Crippen MR) is 86.4 cm³/mol. The fourth-order valence-corrected chi connectivity index (χ4v) is 4.20. The number of hydrogen-bond donors (Lipinski definition) is 1. The van der Waals surface area contributed by atoms with Gasteiger partial charge in [0.05, 0.1) is 0 Å². The van der Waals surface area contributed by atoms with Crippen molar-refractivity contribution in [1.29, 1.82) is 0 Å². The van der Waals surface area contributed by atoms with Crippen LogP contribution < -0.4 is 0 Å². The van der Waals surface area contributed by atoms with E-state index in [2.05, 4.69) is 18.7 Å². The lowest BCUT2D eigenvalue weighted by atomic mass is 9.90. The second-order valence-corrected chi connectivity index (χ2v) is 7.50. The highest BCUT2D eigenvalue weighted by Crippen LogP contribution is 2.43. The Kier molecular flexibility index (Phi) is 6.09. The highest BCUT2D eigenvalue weighted by Gasteiger charge is 2.43. The van der Waals surface area contributed by atoms with Gasteiger partial charge in [-0.25, -0.2) is 0 Å². The van der Waals surface area contributed by atoms with Crippen molar-refractivity contribution in [3.05, 3.63) is 0 Å². The normalized spacial score (nSPS) is 29.9. The minimum Gasteiger partial charge on any atom is -0.481 e. The Morgan fingerprint density at radius 1 is 1.05 bits per heavy atom. The van der Waals surface area contributed by atoms with Crippen LogP contribution in [0.15, 0.2) is 0 Å². The summed E-state index contributed by atoms with van der Waals surface area (Å²) >= 11 is 0. The second kappa shape index (κ2) is 7.62. The molecule has 2 heterocycles. The van der Waals surface area contributed by atoms with Crippen LogP contribution in [0.2, 0.25) is 0 Å². The van der Waals surface area contributed by atoms with Crippen LogP contribution in [0.4, 0.5) is 0 Å². The van der Waals surface area contributed by atoms with E-state index < -0.39 is 5.97 Å². The van der Waals surface area contributed by atoms with Crippen LogP contribution in [0.3, 0.4) is 0 Å².